The van der Waals surface area contributed by atoms with Crippen LogP contribution in [0.5, 0.6) is 0 Å². The first kappa shape index (κ1) is 11.5. The number of hydrogen-bond donors (Lipinski definition) is 2. The van der Waals surface area contributed by atoms with E-state index in [1.54, 1.807) is 6.92 Å². The van der Waals surface area contributed by atoms with Crippen LogP contribution in [0.4, 0.5) is 9.18 Å². The lowest BCUT2D eigenvalue weighted by Crippen LogP contribution is -2.25. The first-order chi connectivity index (χ1) is 7.00. The van der Waals surface area contributed by atoms with E-state index in [-0.39, 0.29) is 5.02 Å². The van der Waals surface area contributed by atoms with Gasteiger partial charge in [0.25, 0.3) is 0 Å². The van der Waals surface area contributed by atoms with Crippen LogP contribution < -0.4 is 11.2 Å². The third kappa shape index (κ3) is 3.21. The Hall–Kier alpha value is -1.62. The first-order valence-electron chi connectivity index (χ1n) is 4.06. The van der Waals surface area contributed by atoms with Gasteiger partial charge in [-0.2, -0.15) is 5.10 Å². The van der Waals surface area contributed by atoms with Crippen molar-refractivity contribution in [2.45, 2.75) is 6.92 Å². The zero-order valence-electron chi connectivity index (χ0n) is 7.92. The smallest absolute Gasteiger partial charge is 0.332 e. The number of nitrogens with two attached hydrogens (primary N) is 1. The van der Waals surface area contributed by atoms with E-state index in [2.05, 4.69) is 10.5 Å². The van der Waals surface area contributed by atoms with Crippen LogP contribution in [0.25, 0.3) is 0 Å². The Labute approximate surface area is 90.9 Å². The van der Waals surface area contributed by atoms with Gasteiger partial charge in [0, 0.05) is 5.56 Å². The predicted octanol–water partition coefficient (Wildman–Crippen LogP) is 1.87. The summed E-state index contributed by atoms with van der Waals surface area (Å²) < 4.78 is 12.7. The van der Waals surface area contributed by atoms with Crippen LogP contribution in [-0.2, 0) is 0 Å². The second kappa shape index (κ2) is 4.75. The highest BCUT2D eigenvalue weighted by Crippen LogP contribution is 2.17. The number of amides is 2. The van der Waals surface area contributed by atoms with E-state index in [4.69, 9.17) is 17.3 Å². The SMILES string of the molecule is C/C(=N/NC(N)=O)c1ccc(F)cc1Cl. The Kier molecular flexibility index (Phi) is 3.62. The van der Waals surface area contributed by atoms with Gasteiger partial charge in [0.1, 0.15) is 5.82 Å². The van der Waals surface area contributed by atoms with Crippen molar-refractivity contribution in [3.05, 3.63) is 34.6 Å². The summed E-state index contributed by atoms with van der Waals surface area (Å²) in [6, 6.07) is 3.12. The average molecular weight is 230 g/mol. The van der Waals surface area contributed by atoms with E-state index in [9.17, 15) is 9.18 Å². The highest BCUT2D eigenvalue weighted by Gasteiger charge is 2.05. The first-order valence-corrected chi connectivity index (χ1v) is 4.43. The maximum absolute atomic E-state index is 12.7. The molecule has 1 aromatic rings. The quantitative estimate of drug-likeness (QED) is 0.590. The molecule has 0 fully saturated rings. The molecule has 0 aliphatic rings. The van der Waals surface area contributed by atoms with Gasteiger partial charge in [0.05, 0.1) is 10.7 Å². The van der Waals surface area contributed by atoms with Gasteiger partial charge in [-0.3, -0.25) is 0 Å². The largest absolute Gasteiger partial charge is 0.350 e. The van der Waals surface area contributed by atoms with Crippen molar-refractivity contribution < 1.29 is 9.18 Å². The molecule has 6 heteroatoms. The van der Waals surface area contributed by atoms with Crippen molar-refractivity contribution in [2.75, 3.05) is 0 Å². The van der Waals surface area contributed by atoms with Crippen molar-refractivity contribution in [3.8, 4) is 0 Å². The number of benzene rings is 1. The molecule has 1 aromatic carbocycles. The summed E-state index contributed by atoms with van der Waals surface area (Å²) in [4.78, 5) is 10.4. The lowest BCUT2D eigenvalue weighted by molar-refractivity contribution is 0.249. The maximum atomic E-state index is 12.7. The van der Waals surface area contributed by atoms with Crippen molar-refractivity contribution in [3.63, 3.8) is 0 Å². The number of hydrazone groups is 1. The van der Waals surface area contributed by atoms with Crippen LogP contribution >= 0.6 is 11.6 Å². The molecule has 0 saturated carbocycles. The molecule has 0 atom stereocenters. The summed E-state index contributed by atoms with van der Waals surface area (Å²) in [5, 5.41) is 3.89. The minimum absolute atomic E-state index is 0.225. The van der Waals surface area contributed by atoms with Gasteiger partial charge in [-0.15, -0.1) is 0 Å². The van der Waals surface area contributed by atoms with E-state index >= 15 is 0 Å². The molecule has 0 heterocycles. The lowest BCUT2D eigenvalue weighted by Gasteiger charge is -2.03. The molecule has 0 aliphatic heterocycles. The minimum Gasteiger partial charge on any atom is -0.350 e. The number of halogens is 2. The van der Waals surface area contributed by atoms with Gasteiger partial charge in [0.2, 0.25) is 0 Å². The molecule has 0 aliphatic carbocycles. The Morgan fingerprint density at radius 3 is 2.80 bits per heavy atom. The molecule has 4 nitrogen and oxygen atoms in total. The fraction of sp³-hybridized carbons (Fsp3) is 0.111. The Bertz CT molecular complexity index is 420. The fourth-order valence-corrected chi connectivity index (χ4v) is 1.29. The van der Waals surface area contributed by atoms with Crippen LogP contribution in [0.15, 0.2) is 23.3 Å². The summed E-state index contributed by atoms with van der Waals surface area (Å²) in [6.45, 7) is 1.62. The number of carbonyl (C=O) groups excluding carboxylic acids is 1. The molecule has 0 radical (unpaired) electrons. The summed E-state index contributed by atoms with van der Waals surface area (Å²) in [5.74, 6) is -0.431. The van der Waals surface area contributed by atoms with E-state index in [0.717, 1.165) is 0 Å². The maximum Gasteiger partial charge on any atom is 0.332 e. The monoisotopic (exact) mass is 229 g/mol. The van der Waals surface area contributed by atoms with Gasteiger partial charge >= 0.3 is 6.03 Å². The van der Waals surface area contributed by atoms with Crippen LogP contribution in [0.2, 0.25) is 5.02 Å². The topological polar surface area (TPSA) is 67.5 Å². The standard InChI is InChI=1S/C9H9ClFN3O/c1-5(13-14-9(12)15)7-3-2-6(11)4-8(7)10/h2-4H,1H3,(H3,12,14,15)/b13-5-. The van der Waals surface area contributed by atoms with Crippen molar-refractivity contribution >= 4 is 23.3 Å². The Morgan fingerprint density at radius 2 is 2.27 bits per heavy atom. The van der Waals surface area contributed by atoms with Crippen LogP contribution in [0.3, 0.4) is 0 Å². The van der Waals surface area contributed by atoms with E-state index < -0.39 is 11.8 Å². The molecule has 0 unspecified atom stereocenters. The molecule has 0 spiro atoms. The average Bonchev–Trinajstić information content (AvgIpc) is 2.14. The summed E-state index contributed by atoms with van der Waals surface area (Å²) in [5.41, 5.74) is 7.87. The molecular formula is C9H9ClFN3O. The molecule has 15 heavy (non-hydrogen) atoms. The number of rotatable bonds is 2. The Morgan fingerprint density at radius 1 is 1.60 bits per heavy atom. The Balaban J connectivity index is 2.95. The lowest BCUT2D eigenvalue weighted by atomic mass is 10.1. The highest BCUT2D eigenvalue weighted by molar-refractivity contribution is 6.34. The molecule has 1 rings (SSSR count). The van der Waals surface area contributed by atoms with Crippen LogP contribution in [0, 0.1) is 5.82 Å². The summed E-state index contributed by atoms with van der Waals surface area (Å²) in [6.07, 6.45) is 0. The number of nitrogens with one attached hydrogen (secondary N) is 1. The zero-order chi connectivity index (χ0) is 11.4. The summed E-state index contributed by atoms with van der Waals surface area (Å²) >= 11 is 5.77. The van der Waals surface area contributed by atoms with E-state index in [1.807, 2.05) is 0 Å². The minimum atomic E-state index is -0.771. The number of hydrogen-bond acceptors (Lipinski definition) is 2. The summed E-state index contributed by atoms with van der Waals surface area (Å²) in [7, 11) is 0. The second-order valence-corrected chi connectivity index (χ2v) is 3.20. The van der Waals surface area contributed by atoms with Gasteiger partial charge < -0.3 is 5.73 Å². The molecule has 0 aromatic heterocycles. The molecule has 0 saturated heterocycles. The van der Waals surface area contributed by atoms with Gasteiger partial charge in [-0.1, -0.05) is 11.6 Å². The highest BCUT2D eigenvalue weighted by atomic mass is 35.5. The molecule has 0 bridgehead atoms. The normalized spacial score (nSPS) is 11.3. The molecule has 80 valence electrons. The van der Waals surface area contributed by atoms with Crippen molar-refractivity contribution in [2.24, 2.45) is 10.8 Å². The number of urea groups is 1. The third-order valence-electron chi connectivity index (χ3n) is 1.65. The third-order valence-corrected chi connectivity index (χ3v) is 1.97. The molecule has 2 amide bonds. The second-order valence-electron chi connectivity index (χ2n) is 2.80. The number of carbonyl (C=O) groups is 1. The van der Waals surface area contributed by atoms with Crippen molar-refractivity contribution in [1.82, 2.24) is 5.43 Å². The van der Waals surface area contributed by atoms with Crippen LogP contribution in [0.1, 0.15) is 12.5 Å². The molecular weight excluding hydrogens is 221 g/mol. The van der Waals surface area contributed by atoms with Gasteiger partial charge in [0.15, 0.2) is 0 Å². The van der Waals surface area contributed by atoms with E-state index in [0.29, 0.717) is 11.3 Å². The zero-order valence-corrected chi connectivity index (χ0v) is 8.68. The molecule has 3 N–H and O–H groups in total. The van der Waals surface area contributed by atoms with E-state index in [1.165, 1.54) is 18.2 Å². The van der Waals surface area contributed by atoms with Gasteiger partial charge in [-0.05, 0) is 25.1 Å². The fourth-order valence-electron chi connectivity index (χ4n) is 0.982. The number of primary amides is 1. The van der Waals surface area contributed by atoms with Crippen LogP contribution in [-0.4, -0.2) is 11.7 Å². The number of nitrogens with zero attached hydrogens (tertiary/aromatic N) is 1. The van der Waals surface area contributed by atoms with Crippen molar-refractivity contribution in [1.29, 1.82) is 0 Å². The predicted molar refractivity (Wildman–Crippen MR) is 56.3 cm³/mol. The van der Waals surface area contributed by atoms with Gasteiger partial charge in [-0.25, -0.2) is 14.6 Å².